The van der Waals surface area contributed by atoms with Crippen LogP contribution in [0.3, 0.4) is 0 Å². The van der Waals surface area contributed by atoms with Crippen molar-refractivity contribution in [1.82, 2.24) is 0 Å². The highest BCUT2D eigenvalue weighted by atomic mass is 16.3. The van der Waals surface area contributed by atoms with Gasteiger partial charge in [0.05, 0.1) is 6.04 Å². The minimum Gasteiger partial charge on any atom is -0.456 e. The topological polar surface area (TPSA) is 32.8 Å². The Bertz CT molecular complexity index is 3840. The maximum Gasteiger partial charge on any atom is 0.137 e. The summed E-state index contributed by atoms with van der Waals surface area (Å²) in [5.74, 6) is 0. The first-order valence-corrected chi connectivity index (χ1v) is 23.9. The van der Waals surface area contributed by atoms with Crippen LogP contribution in [0.1, 0.15) is 59.1 Å². The summed E-state index contributed by atoms with van der Waals surface area (Å²) in [6.07, 6.45) is 5.69. The first kappa shape index (κ1) is 41.6. The Morgan fingerprint density at radius 1 is 0.397 bits per heavy atom. The standard InChI is InChI=1S/C64H54N2O2/c1-63(2,3)47-20-25-49(26-21-47)65(51-18-12-17-44(33-51)41-13-8-7-9-14-41)53-29-31-55-57-35-45-38-60-58(36-46(45)37-59(57)67-61(55)39-53)56-32-30-54(40-62(56)68-60)66(50-27-22-48(23-28-50)64(4,5)6)52-24-19-42-15-10-11-16-43(42)34-52/h7-23,25-40,52H,24H2,1-6H3. The molecule has 1 aliphatic carbocycles. The smallest absolute Gasteiger partial charge is 0.137 e. The van der Waals surface area contributed by atoms with Gasteiger partial charge in [0.15, 0.2) is 0 Å². The number of furan rings is 2. The van der Waals surface area contributed by atoms with Crippen molar-refractivity contribution in [2.24, 2.45) is 0 Å². The summed E-state index contributed by atoms with van der Waals surface area (Å²) in [5.41, 5.74) is 14.0. The van der Waals surface area contributed by atoms with Gasteiger partial charge in [-0.2, -0.15) is 0 Å². The third kappa shape index (κ3) is 7.41. The van der Waals surface area contributed by atoms with Crippen LogP contribution in [0.4, 0.5) is 28.4 Å². The average molecular weight is 883 g/mol. The number of hydrogen-bond acceptors (Lipinski definition) is 4. The van der Waals surface area contributed by atoms with Crippen molar-refractivity contribution in [3.8, 4) is 11.1 Å². The molecule has 1 aliphatic rings. The zero-order valence-electron chi connectivity index (χ0n) is 39.5. The van der Waals surface area contributed by atoms with E-state index >= 15 is 0 Å². The van der Waals surface area contributed by atoms with E-state index in [4.69, 9.17) is 8.83 Å². The second-order valence-corrected chi connectivity index (χ2v) is 20.6. The lowest BCUT2D eigenvalue weighted by molar-refractivity contribution is 0.590. The van der Waals surface area contributed by atoms with Crippen molar-refractivity contribution in [2.45, 2.75) is 64.8 Å². The van der Waals surface area contributed by atoms with E-state index in [0.717, 1.165) is 89.5 Å². The van der Waals surface area contributed by atoms with Crippen LogP contribution in [0.2, 0.25) is 0 Å². The van der Waals surface area contributed by atoms with Gasteiger partial charge in [0, 0.05) is 62.1 Å². The molecule has 1 unspecified atom stereocenters. The van der Waals surface area contributed by atoms with Gasteiger partial charge in [-0.1, -0.05) is 145 Å². The van der Waals surface area contributed by atoms with E-state index in [2.05, 4.69) is 252 Å². The molecule has 0 saturated heterocycles. The van der Waals surface area contributed by atoms with E-state index in [1.807, 2.05) is 0 Å². The Kier molecular flexibility index (Phi) is 9.74. The second-order valence-electron chi connectivity index (χ2n) is 20.6. The fourth-order valence-corrected chi connectivity index (χ4v) is 10.3. The van der Waals surface area contributed by atoms with Crippen LogP contribution in [0.25, 0.3) is 77.9 Å². The molecule has 0 radical (unpaired) electrons. The third-order valence-electron chi connectivity index (χ3n) is 14.0. The molecule has 0 fully saturated rings. The first-order valence-electron chi connectivity index (χ1n) is 23.9. The lowest BCUT2D eigenvalue weighted by Gasteiger charge is -2.33. The summed E-state index contributed by atoms with van der Waals surface area (Å²) >= 11 is 0. The van der Waals surface area contributed by atoms with E-state index in [1.165, 1.54) is 32.7 Å². The number of anilines is 5. The van der Waals surface area contributed by atoms with Crippen molar-refractivity contribution >= 4 is 95.2 Å². The van der Waals surface area contributed by atoms with Gasteiger partial charge in [-0.25, -0.2) is 0 Å². The molecule has 68 heavy (non-hydrogen) atoms. The zero-order valence-corrected chi connectivity index (χ0v) is 39.5. The van der Waals surface area contributed by atoms with Gasteiger partial charge in [0.2, 0.25) is 0 Å². The molecule has 4 nitrogen and oxygen atoms in total. The predicted octanol–water partition coefficient (Wildman–Crippen LogP) is 16.5. The zero-order chi connectivity index (χ0) is 46.3. The molecular formula is C64H54N2O2. The SMILES string of the molecule is CC(C)(C)c1ccc(N(c2cccc(-c3ccccc3)c2)c2ccc3c(c2)oc2cc4cc5c(cc4cc23)oc2cc(N(c3ccc(C(C)(C)C)cc3)C3C=c4ccccc4=CC3)ccc25)cc1. The van der Waals surface area contributed by atoms with E-state index in [9.17, 15) is 0 Å². The lowest BCUT2D eigenvalue weighted by atomic mass is 9.87. The Morgan fingerprint density at radius 3 is 1.51 bits per heavy atom. The molecule has 2 heterocycles. The van der Waals surface area contributed by atoms with Crippen LogP contribution in [-0.4, -0.2) is 6.04 Å². The third-order valence-corrected chi connectivity index (χ3v) is 14.0. The Labute approximate surface area is 397 Å². The molecule has 12 rings (SSSR count). The molecule has 0 saturated carbocycles. The van der Waals surface area contributed by atoms with Crippen molar-refractivity contribution in [2.75, 3.05) is 9.80 Å². The number of fused-ring (bicyclic) bond motifs is 8. The molecule has 2 aromatic heterocycles. The van der Waals surface area contributed by atoms with Gasteiger partial charge in [0.25, 0.3) is 0 Å². The van der Waals surface area contributed by atoms with E-state index in [1.54, 1.807) is 0 Å². The number of rotatable bonds is 7. The summed E-state index contributed by atoms with van der Waals surface area (Å²) in [7, 11) is 0. The van der Waals surface area contributed by atoms with Gasteiger partial charge in [-0.05, 0) is 146 Å². The predicted molar refractivity (Wildman–Crippen MR) is 288 cm³/mol. The van der Waals surface area contributed by atoms with Crippen LogP contribution < -0.4 is 20.2 Å². The molecule has 0 N–H and O–H groups in total. The maximum absolute atomic E-state index is 6.79. The summed E-state index contributed by atoms with van der Waals surface area (Å²) in [4.78, 5) is 4.80. The second kappa shape index (κ2) is 15.9. The largest absolute Gasteiger partial charge is 0.456 e. The van der Waals surface area contributed by atoms with Crippen molar-refractivity contribution < 1.29 is 8.83 Å². The molecule has 332 valence electrons. The highest BCUT2D eigenvalue weighted by Crippen LogP contribution is 2.43. The van der Waals surface area contributed by atoms with Gasteiger partial charge < -0.3 is 18.6 Å². The Morgan fingerprint density at radius 2 is 0.897 bits per heavy atom. The Balaban J connectivity index is 0.931. The fraction of sp³-hybridized carbons (Fsp3) is 0.156. The van der Waals surface area contributed by atoms with E-state index in [-0.39, 0.29) is 16.9 Å². The number of hydrogen-bond donors (Lipinski definition) is 0. The number of benzene rings is 9. The van der Waals surface area contributed by atoms with Crippen LogP contribution in [0, 0.1) is 0 Å². The number of nitrogens with zero attached hydrogens (tertiary/aromatic N) is 2. The molecule has 4 heteroatoms. The Hall–Kier alpha value is -7.82. The molecule has 0 amide bonds. The van der Waals surface area contributed by atoms with E-state index < -0.39 is 0 Å². The first-order chi connectivity index (χ1) is 32.9. The molecular weight excluding hydrogens is 829 g/mol. The quantitative estimate of drug-likeness (QED) is 0.160. The molecule has 1 atom stereocenters. The molecule has 0 spiro atoms. The van der Waals surface area contributed by atoms with Crippen LogP contribution >= 0.6 is 0 Å². The summed E-state index contributed by atoms with van der Waals surface area (Å²) in [5, 5.41) is 9.14. The van der Waals surface area contributed by atoms with Gasteiger partial charge >= 0.3 is 0 Å². The highest BCUT2D eigenvalue weighted by Gasteiger charge is 2.24. The fourth-order valence-electron chi connectivity index (χ4n) is 10.3. The lowest BCUT2D eigenvalue weighted by Crippen LogP contribution is -2.37. The van der Waals surface area contributed by atoms with Crippen LogP contribution in [0.15, 0.2) is 197 Å². The van der Waals surface area contributed by atoms with Gasteiger partial charge in [0.1, 0.15) is 22.3 Å². The van der Waals surface area contributed by atoms with Crippen molar-refractivity contribution in [3.05, 3.63) is 210 Å². The minimum atomic E-state index is 0.0505. The summed E-state index contributed by atoms with van der Waals surface area (Å²) in [6, 6.07) is 68.5. The highest BCUT2D eigenvalue weighted by molar-refractivity contribution is 6.15. The van der Waals surface area contributed by atoms with Crippen molar-refractivity contribution in [3.63, 3.8) is 0 Å². The normalized spacial score (nSPS) is 14.1. The average Bonchev–Trinajstić information content (AvgIpc) is 3.88. The molecule has 0 aliphatic heterocycles. The summed E-state index contributed by atoms with van der Waals surface area (Å²) < 4.78 is 13.6. The van der Waals surface area contributed by atoms with Gasteiger partial charge in [-0.3, -0.25) is 0 Å². The molecule has 11 aromatic rings. The minimum absolute atomic E-state index is 0.0505. The monoisotopic (exact) mass is 882 g/mol. The molecule has 9 aromatic carbocycles. The molecule has 0 bridgehead atoms. The summed E-state index contributed by atoms with van der Waals surface area (Å²) in [6.45, 7) is 13.6. The van der Waals surface area contributed by atoms with E-state index in [0.29, 0.717) is 0 Å². The van der Waals surface area contributed by atoms with Crippen LogP contribution in [-0.2, 0) is 10.8 Å². The van der Waals surface area contributed by atoms with Crippen molar-refractivity contribution in [1.29, 1.82) is 0 Å². The van der Waals surface area contributed by atoms with Gasteiger partial charge in [-0.15, -0.1) is 0 Å². The maximum atomic E-state index is 6.79. The van der Waals surface area contributed by atoms with Crippen LogP contribution in [0.5, 0.6) is 0 Å².